The summed E-state index contributed by atoms with van der Waals surface area (Å²) in [7, 11) is 0. The third-order valence-electron chi connectivity index (χ3n) is 7.74. The molecule has 3 rings (SSSR count). The van der Waals surface area contributed by atoms with Crippen LogP contribution < -0.4 is 0 Å². The Morgan fingerprint density at radius 1 is 0.821 bits per heavy atom. The van der Waals surface area contributed by atoms with E-state index in [0.717, 1.165) is 36.7 Å². The lowest BCUT2D eigenvalue weighted by molar-refractivity contribution is -0.137. The number of esters is 1. The maximum Gasteiger partial charge on any atom is 0.330 e. The lowest BCUT2D eigenvalue weighted by atomic mass is 9.69. The average Bonchev–Trinajstić information content (AvgIpc) is 2.76. The monoisotopic (exact) mass is 390 g/mol. The predicted molar refractivity (Wildman–Crippen MR) is 114 cm³/mol. The van der Waals surface area contributed by atoms with Crippen LogP contribution in [0.5, 0.6) is 0 Å². The van der Waals surface area contributed by atoms with Gasteiger partial charge in [0.25, 0.3) is 0 Å². The van der Waals surface area contributed by atoms with E-state index in [9.17, 15) is 4.79 Å². The molecule has 0 N–H and O–H groups in total. The number of carbonyl (C=O) groups excluding carboxylic acids is 1. The van der Waals surface area contributed by atoms with E-state index in [0.29, 0.717) is 12.7 Å². The van der Waals surface area contributed by atoms with Gasteiger partial charge in [0.2, 0.25) is 0 Å². The fourth-order valence-electron chi connectivity index (χ4n) is 5.88. The van der Waals surface area contributed by atoms with Gasteiger partial charge in [-0.3, -0.25) is 0 Å². The molecule has 3 aliphatic carbocycles. The highest BCUT2D eigenvalue weighted by molar-refractivity contribution is 5.81. The Hall–Kier alpha value is -0.830. The second kappa shape index (κ2) is 12.0. The summed E-state index contributed by atoms with van der Waals surface area (Å²) in [5.41, 5.74) is 0. The molecule has 0 amide bonds. The molecule has 160 valence electrons. The number of carbonyl (C=O) groups is 1. The van der Waals surface area contributed by atoms with E-state index in [2.05, 4.69) is 6.58 Å². The minimum Gasteiger partial charge on any atom is -0.463 e. The van der Waals surface area contributed by atoms with Crippen LogP contribution in [0, 0.1) is 23.7 Å². The van der Waals surface area contributed by atoms with Crippen molar-refractivity contribution in [1.82, 2.24) is 0 Å². The molecule has 3 nitrogen and oxygen atoms in total. The smallest absolute Gasteiger partial charge is 0.330 e. The van der Waals surface area contributed by atoms with Gasteiger partial charge in [-0.05, 0) is 87.9 Å². The summed E-state index contributed by atoms with van der Waals surface area (Å²) in [6.07, 6.45) is 22.1. The zero-order chi connectivity index (χ0) is 19.6. The van der Waals surface area contributed by atoms with Gasteiger partial charge in [0.05, 0.1) is 12.7 Å². The normalized spacial score (nSPS) is 32.0. The second-order valence-corrected chi connectivity index (χ2v) is 9.67. The van der Waals surface area contributed by atoms with E-state index in [1.54, 1.807) is 0 Å². The Morgan fingerprint density at radius 2 is 1.43 bits per heavy atom. The third-order valence-corrected chi connectivity index (χ3v) is 7.74. The molecule has 0 saturated heterocycles. The van der Waals surface area contributed by atoms with Crippen molar-refractivity contribution < 1.29 is 14.3 Å². The van der Waals surface area contributed by atoms with E-state index in [1.165, 1.54) is 96.0 Å². The highest BCUT2D eigenvalue weighted by Gasteiger charge is 2.31. The van der Waals surface area contributed by atoms with Crippen LogP contribution in [0.1, 0.15) is 96.3 Å². The summed E-state index contributed by atoms with van der Waals surface area (Å²) in [4.78, 5) is 11.1. The van der Waals surface area contributed by atoms with Crippen molar-refractivity contribution in [3.63, 3.8) is 0 Å². The van der Waals surface area contributed by atoms with Crippen LogP contribution in [0.3, 0.4) is 0 Å². The van der Waals surface area contributed by atoms with Gasteiger partial charge in [0, 0.05) is 12.7 Å². The van der Waals surface area contributed by atoms with Gasteiger partial charge in [-0.2, -0.15) is 0 Å². The molecule has 3 fully saturated rings. The molecular weight excluding hydrogens is 348 g/mol. The molecule has 0 aliphatic heterocycles. The molecule has 3 aliphatic rings. The van der Waals surface area contributed by atoms with Crippen molar-refractivity contribution in [3.05, 3.63) is 12.7 Å². The van der Waals surface area contributed by atoms with Crippen LogP contribution in [-0.2, 0) is 14.3 Å². The summed E-state index contributed by atoms with van der Waals surface area (Å²) in [6, 6.07) is 0. The highest BCUT2D eigenvalue weighted by atomic mass is 16.5. The molecule has 0 aromatic heterocycles. The van der Waals surface area contributed by atoms with Crippen LogP contribution in [0.15, 0.2) is 12.7 Å². The van der Waals surface area contributed by atoms with Crippen molar-refractivity contribution in [2.75, 3.05) is 13.2 Å². The lowest BCUT2D eigenvalue weighted by Gasteiger charge is -2.38. The Bertz CT molecular complexity index is 452. The molecular formula is C25H42O3. The maximum absolute atomic E-state index is 11.1. The summed E-state index contributed by atoms with van der Waals surface area (Å²) >= 11 is 0. The summed E-state index contributed by atoms with van der Waals surface area (Å²) in [5, 5.41) is 0. The van der Waals surface area contributed by atoms with Crippen LogP contribution in [0.2, 0.25) is 0 Å². The van der Waals surface area contributed by atoms with Crippen molar-refractivity contribution in [2.24, 2.45) is 23.7 Å². The first kappa shape index (κ1) is 21.9. The molecule has 28 heavy (non-hydrogen) atoms. The maximum atomic E-state index is 11.1. The first-order valence-electron chi connectivity index (χ1n) is 12.2. The topological polar surface area (TPSA) is 35.5 Å². The highest BCUT2D eigenvalue weighted by Crippen LogP contribution is 2.42. The van der Waals surface area contributed by atoms with E-state index < -0.39 is 0 Å². The van der Waals surface area contributed by atoms with Crippen molar-refractivity contribution in [1.29, 1.82) is 0 Å². The summed E-state index contributed by atoms with van der Waals surface area (Å²) in [6.45, 7) is 5.02. The van der Waals surface area contributed by atoms with Gasteiger partial charge in [0.1, 0.15) is 0 Å². The molecule has 3 heteroatoms. The standard InChI is InChI=1S/C25H42O3/c1-2-25(26)27-18-6-7-20-10-14-22(15-11-20)23-16-12-21(13-17-23)19-28-24-8-4-3-5-9-24/h2,20-24H,1,3-19H2. The zero-order valence-electron chi connectivity index (χ0n) is 17.9. The van der Waals surface area contributed by atoms with Gasteiger partial charge >= 0.3 is 5.97 Å². The van der Waals surface area contributed by atoms with Gasteiger partial charge in [-0.15, -0.1) is 0 Å². The number of hydrogen-bond donors (Lipinski definition) is 0. The molecule has 0 aromatic carbocycles. The largest absolute Gasteiger partial charge is 0.463 e. The Labute approximate surface area is 172 Å². The van der Waals surface area contributed by atoms with Crippen LogP contribution in [-0.4, -0.2) is 25.3 Å². The quantitative estimate of drug-likeness (QED) is 0.257. The molecule has 0 unspecified atom stereocenters. The van der Waals surface area contributed by atoms with E-state index in [4.69, 9.17) is 9.47 Å². The van der Waals surface area contributed by atoms with E-state index in [1.807, 2.05) is 0 Å². The Kier molecular flexibility index (Phi) is 9.37. The molecule has 0 spiro atoms. The number of rotatable bonds is 9. The predicted octanol–water partition coefficient (Wildman–Crippen LogP) is 6.46. The first-order valence-corrected chi connectivity index (χ1v) is 12.2. The number of hydrogen-bond acceptors (Lipinski definition) is 3. The zero-order valence-corrected chi connectivity index (χ0v) is 17.9. The Morgan fingerprint density at radius 3 is 2.04 bits per heavy atom. The van der Waals surface area contributed by atoms with Crippen LogP contribution in [0.25, 0.3) is 0 Å². The van der Waals surface area contributed by atoms with Gasteiger partial charge < -0.3 is 9.47 Å². The second-order valence-electron chi connectivity index (χ2n) is 9.67. The average molecular weight is 391 g/mol. The van der Waals surface area contributed by atoms with Gasteiger partial charge in [-0.25, -0.2) is 4.79 Å². The van der Waals surface area contributed by atoms with E-state index >= 15 is 0 Å². The van der Waals surface area contributed by atoms with Gasteiger partial charge in [0.15, 0.2) is 0 Å². The molecule has 0 bridgehead atoms. The Balaban J connectivity index is 1.24. The van der Waals surface area contributed by atoms with Crippen molar-refractivity contribution in [2.45, 2.75) is 102 Å². The van der Waals surface area contributed by atoms with Crippen molar-refractivity contribution >= 4 is 5.97 Å². The molecule has 0 radical (unpaired) electrons. The summed E-state index contributed by atoms with van der Waals surface area (Å²) < 4.78 is 11.3. The van der Waals surface area contributed by atoms with Crippen LogP contribution >= 0.6 is 0 Å². The van der Waals surface area contributed by atoms with Crippen LogP contribution in [0.4, 0.5) is 0 Å². The SMILES string of the molecule is C=CC(=O)OCCCC1CCC(C2CCC(COC3CCCCC3)CC2)CC1. The molecule has 0 atom stereocenters. The summed E-state index contributed by atoms with van der Waals surface area (Å²) in [5.74, 6) is 3.32. The minimum atomic E-state index is -0.288. The van der Waals surface area contributed by atoms with Gasteiger partial charge in [-0.1, -0.05) is 38.7 Å². The molecule has 3 saturated carbocycles. The van der Waals surface area contributed by atoms with Crippen molar-refractivity contribution in [3.8, 4) is 0 Å². The first-order chi connectivity index (χ1) is 13.7. The number of ether oxygens (including phenoxy) is 2. The fourth-order valence-corrected chi connectivity index (χ4v) is 5.88. The molecule has 0 heterocycles. The molecule has 0 aromatic rings. The third kappa shape index (κ3) is 7.21. The lowest BCUT2D eigenvalue weighted by Crippen LogP contribution is -2.28. The fraction of sp³-hybridized carbons (Fsp3) is 0.880. The minimum absolute atomic E-state index is 0.288. The van der Waals surface area contributed by atoms with E-state index in [-0.39, 0.29) is 5.97 Å².